The van der Waals surface area contributed by atoms with Crippen LogP contribution in [0.1, 0.15) is 19.1 Å². The van der Waals surface area contributed by atoms with Gasteiger partial charge in [-0.15, -0.1) is 0 Å². The lowest BCUT2D eigenvalue weighted by Crippen LogP contribution is -2.09. The van der Waals surface area contributed by atoms with Crippen LogP contribution in [0.3, 0.4) is 0 Å². The van der Waals surface area contributed by atoms with E-state index in [4.69, 9.17) is 20.3 Å². The molecule has 2 atom stereocenters. The molecule has 2 aromatic rings. The highest BCUT2D eigenvalue weighted by molar-refractivity contribution is 7.55. The van der Waals surface area contributed by atoms with Crippen LogP contribution in [0.25, 0.3) is 11.2 Å². The summed E-state index contributed by atoms with van der Waals surface area (Å²) in [5.41, 5.74) is 6.81. The van der Waals surface area contributed by atoms with Gasteiger partial charge in [-0.2, -0.15) is 0 Å². The second kappa shape index (κ2) is 5.19. The number of hydrogen-bond donors (Lipinski definition) is 3. The minimum absolute atomic E-state index is 0.296. The lowest BCUT2D eigenvalue weighted by Gasteiger charge is -2.13. The number of aromatic nitrogens is 4. The Morgan fingerprint density at radius 2 is 2.19 bits per heavy atom. The third-order valence-electron chi connectivity index (χ3n) is 3.22. The number of ether oxygens (including phenoxy) is 1. The Labute approximate surface area is 119 Å². The van der Waals surface area contributed by atoms with Gasteiger partial charge < -0.3 is 20.3 Å². The van der Waals surface area contributed by atoms with Crippen molar-refractivity contribution >= 4 is 24.6 Å². The van der Waals surface area contributed by atoms with E-state index in [2.05, 4.69) is 15.0 Å². The fraction of sp³-hybridized carbons (Fsp3) is 0.364. The van der Waals surface area contributed by atoms with E-state index in [-0.39, 0.29) is 12.3 Å². The van der Waals surface area contributed by atoms with Gasteiger partial charge in [-0.3, -0.25) is 9.13 Å². The van der Waals surface area contributed by atoms with E-state index in [9.17, 15) is 4.57 Å². The van der Waals surface area contributed by atoms with E-state index < -0.39 is 7.60 Å². The van der Waals surface area contributed by atoms with Gasteiger partial charge in [-0.05, 0) is 18.9 Å². The van der Waals surface area contributed by atoms with Gasteiger partial charge in [0.2, 0.25) is 0 Å². The summed E-state index contributed by atoms with van der Waals surface area (Å²) in [6.07, 6.45) is 5.02. The highest BCUT2D eigenvalue weighted by Crippen LogP contribution is 2.38. The van der Waals surface area contributed by atoms with E-state index >= 15 is 0 Å². The van der Waals surface area contributed by atoms with Gasteiger partial charge in [-0.25, -0.2) is 15.0 Å². The number of anilines is 1. The minimum Gasteiger partial charge on any atom is -0.382 e. The molecule has 3 rings (SSSR count). The first-order chi connectivity index (χ1) is 9.94. The fourth-order valence-electron chi connectivity index (χ4n) is 2.28. The number of imidazole rings is 1. The van der Waals surface area contributed by atoms with Crippen molar-refractivity contribution < 1.29 is 19.1 Å². The lowest BCUT2D eigenvalue weighted by atomic mass is 10.2. The molecule has 0 aromatic carbocycles. The maximum Gasteiger partial charge on any atom is 0.348 e. The van der Waals surface area contributed by atoms with Gasteiger partial charge in [0, 0.05) is 5.82 Å². The molecular formula is C11H14N5O4P. The Bertz CT molecular complexity index is 739. The number of nitrogen functional groups attached to an aromatic ring is 1. The van der Waals surface area contributed by atoms with Gasteiger partial charge in [0.25, 0.3) is 0 Å². The van der Waals surface area contributed by atoms with Crippen LogP contribution in [0.2, 0.25) is 0 Å². The van der Waals surface area contributed by atoms with Crippen molar-refractivity contribution in [3.63, 3.8) is 0 Å². The van der Waals surface area contributed by atoms with E-state index in [0.29, 0.717) is 29.8 Å². The zero-order valence-electron chi connectivity index (χ0n) is 10.9. The molecule has 1 saturated heterocycles. The van der Waals surface area contributed by atoms with Gasteiger partial charge in [0.05, 0.1) is 12.4 Å². The SMILES string of the molecule is Nc1ncnc2c1ncn2C1CCC(/C=C/P(=O)(O)O)O1. The number of nitrogens with two attached hydrogens (primary N) is 1. The van der Waals surface area contributed by atoms with Crippen LogP contribution in [-0.2, 0) is 9.30 Å². The van der Waals surface area contributed by atoms with Crippen LogP contribution < -0.4 is 5.73 Å². The average molecular weight is 311 g/mol. The smallest absolute Gasteiger partial charge is 0.348 e. The van der Waals surface area contributed by atoms with Crippen LogP contribution in [-0.4, -0.2) is 35.4 Å². The predicted molar refractivity (Wildman–Crippen MR) is 74.1 cm³/mol. The highest BCUT2D eigenvalue weighted by Gasteiger charge is 2.27. The molecule has 0 spiro atoms. The van der Waals surface area contributed by atoms with Crippen molar-refractivity contribution in [3.05, 3.63) is 24.5 Å². The first kappa shape index (κ1) is 14.2. The molecule has 9 nitrogen and oxygen atoms in total. The molecular weight excluding hydrogens is 297 g/mol. The molecule has 4 N–H and O–H groups in total. The Kier molecular flexibility index (Phi) is 3.50. The third kappa shape index (κ3) is 2.96. The molecule has 2 aromatic heterocycles. The van der Waals surface area contributed by atoms with Crippen LogP contribution in [0.15, 0.2) is 24.5 Å². The first-order valence-corrected chi connectivity index (χ1v) is 7.95. The van der Waals surface area contributed by atoms with E-state index in [1.807, 2.05) is 0 Å². The van der Waals surface area contributed by atoms with Crippen LogP contribution in [0.5, 0.6) is 0 Å². The summed E-state index contributed by atoms with van der Waals surface area (Å²) in [6, 6.07) is 0. The van der Waals surface area contributed by atoms with Gasteiger partial charge in [0.15, 0.2) is 11.5 Å². The minimum atomic E-state index is -4.16. The molecule has 0 amide bonds. The number of fused-ring (bicyclic) bond motifs is 1. The molecule has 10 heteroatoms. The molecule has 21 heavy (non-hydrogen) atoms. The molecule has 0 bridgehead atoms. The van der Waals surface area contributed by atoms with Gasteiger partial charge in [-0.1, -0.05) is 0 Å². The summed E-state index contributed by atoms with van der Waals surface area (Å²) in [6.45, 7) is 0. The van der Waals surface area contributed by atoms with Crippen molar-refractivity contribution in [1.82, 2.24) is 19.5 Å². The number of nitrogens with zero attached hydrogens (tertiary/aromatic N) is 4. The Morgan fingerprint density at radius 1 is 1.38 bits per heavy atom. The normalized spacial score (nSPS) is 23.3. The average Bonchev–Trinajstić information content (AvgIpc) is 3.02. The summed E-state index contributed by atoms with van der Waals surface area (Å²) in [7, 11) is -4.16. The third-order valence-corrected chi connectivity index (χ3v) is 3.78. The maximum absolute atomic E-state index is 10.8. The molecule has 1 aliphatic heterocycles. The molecule has 1 aliphatic rings. The predicted octanol–water partition coefficient (Wildman–Crippen LogP) is 0.777. The fourth-order valence-corrected chi connectivity index (χ4v) is 2.70. The molecule has 3 heterocycles. The first-order valence-electron chi connectivity index (χ1n) is 6.27. The Hall–Kier alpha value is -1.80. The molecule has 112 valence electrons. The molecule has 0 radical (unpaired) electrons. The van der Waals surface area contributed by atoms with Gasteiger partial charge >= 0.3 is 7.60 Å². The van der Waals surface area contributed by atoms with Crippen molar-refractivity contribution in [2.24, 2.45) is 0 Å². The molecule has 1 fully saturated rings. The summed E-state index contributed by atoms with van der Waals surface area (Å²) in [4.78, 5) is 29.8. The van der Waals surface area contributed by atoms with E-state index in [0.717, 1.165) is 5.82 Å². The van der Waals surface area contributed by atoms with Crippen LogP contribution in [0, 0.1) is 0 Å². The zero-order chi connectivity index (χ0) is 15.0. The quantitative estimate of drug-likeness (QED) is 0.707. The molecule has 2 unspecified atom stereocenters. The second-order valence-corrected chi connectivity index (χ2v) is 6.20. The number of rotatable bonds is 3. The highest BCUT2D eigenvalue weighted by atomic mass is 31.2. The maximum atomic E-state index is 10.8. The Morgan fingerprint density at radius 3 is 2.95 bits per heavy atom. The molecule has 0 saturated carbocycles. The summed E-state index contributed by atoms with van der Waals surface area (Å²) < 4.78 is 18.3. The van der Waals surface area contributed by atoms with Crippen molar-refractivity contribution in [1.29, 1.82) is 0 Å². The standard InChI is InChI=1S/C11H14N5O4P/c12-10-9-11(14-5-13-10)16(6-15-9)8-2-1-7(20-8)3-4-21(17,18)19/h3-8H,1-2H2,(H2,12,13,14)(H2,17,18,19)/b4-3+. The summed E-state index contributed by atoms with van der Waals surface area (Å²) in [5, 5.41) is 0. The summed E-state index contributed by atoms with van der Waals surface area (Å²) >= 11 is 0. The van der Waals surface area contributed by atoms with Crippen molar-refractivity contribution in [2.75, 3.05) is 5.73 Å². The largest absolute Gasteiger partial charge is 0.382 e. The van der Waals surface area contributed by atoms with Crippen LogP contribution in [0.4, 0.5) is 5.82 Å². The van der Waals surface area contributed by atoms with Gasteiger partial charge in [0.1, 0.15) is 18.1 Å². The lowest BCUT2D eigenvalue weighted by molar-refractivity contribution is 0.0259. The van der Waals surface area contributed by atoms with E-state index in [1.54, 1.807) is 10.9 Å². The van der Waals surface area contributed by atoms with Crippen LogP contribution >= 0.6 is 7.60 Å². The van der Waals surface area contributed by atoms with Crippen molar-refractivity contribution in [2.45, 2.75) is 25.2 Å². The number of hydrogen-bond acceptors (Lipinski definition) is 6. The van der Waals surface area contributed by atoms with E-state index in [1.165, 1.54) is 12.4 Å². The Balaban J connectivity index is 1.81. The second-order valence-electron chi connectivity index (χ2n) is 4.72. The molecule has 0 aliphatic carbocycles. The topological polar surface area (TPSA) is 136 Å². The zero-order valence-corrected chi connectivity index (χ0v) is 11.8. The summed E-state index contributed by atoms with van der Waals surface area (Å²) in [5.74, 6) is 1.17. The van der Waals surface area contributed by atoms with Crippen molar-refractivity contribution in [3.8, 4) is 0 Å². The monoisotopic (exact) mass is 311 g/mol.